The summed E-state index contributed by atoms with van der Waals surface area (Å²) >= 11 is 1.38. The molecule has 3 N–H and O–H groups in total. The molecule has 2 rings (SSSR count). The van der Waals surface area contributed by atoms with Crippen molar-refractivity contribution < 1.29 is 18.0 Å². The van der Waals surface area contributed by atoms with E-state index in [-0.39, 0.29) is 17.9 Å². The highest BCUT2D eigenvalue weighted by atomic mass is 32.2. The Morgan fingerprint density at radius 2 is 1.95 bits per heavy atom. The van der Waals surface area contributed by atoms with Gasteiger partial charge in [-0.1, -0.05) is 12.1 Å². The maximum absolute atomic E-state index is 12.4. The van der Waals surface area contributed by atoms with E-state index in [9.17, 15) is 18.0 Å². The number of thioether (sulfide) groups is 1. The molecular formula is C11H12F3N3OS. The van der Waals surface area contributed by atoms with Gasteiger partial charge in [0.25, 0.3) is 0 Å². The highest BCUT2D eigenvalue weighted by molar-refractivity contribution is 7.99. The Hall–Kier alpha value is -1.25. The van der Waals surface area contributed by atoms with Gasteiger partial charge in [-0.15, -0.1) is 11.8 Å². The molecule has 0 radical (unpaired) electrons. The molecule has 1 aliphatic heterocycles. The highest BCUT2D eigenvalue weighted by Crippen LogP contribution is 2.29. The third kappa shape index (κ3) is 4.12. The van der Waals surface area contributed by atoms with Gasteiger partial charge < -0.3 is 5.32 Å². The molecule has 1 heterocycles. The Balaban J connectivity index is 1.88. The first-order valence-corrected chi connectivity index (χ1v) is 6.55. The maximum Gasteiger partial charge on any atom is 0.416 e. The highest BCUT2D eigenvalue weighted by Gasteiger charge is 2.29. The van der Waals surface area contributed by atoms with Crippen molar-refractivity contribution in [3.05, 3.63) is 35.4 Å². The van der Waals surface area contributed by atoms with Crippen LogP contribution >= 0.6 is 11.8 Å². The van der Waals surface area contributed by atoms with Crippen LogP contribution in [0.5, 0.6) is 0 Å². The number of hydrogen-bond donors (Lipinski definition) is 3. The van der Waals surface area contributed by atoms with Gasteiger partial charge in [0, 0.05) is 5.75 Å². The number of hydrazine groups is 1. The minimum atomic E-state index is -4.31. The molecule has 1 aliphatic rings. The number of amides is 1. The molecule has 0 bridgehead atoms. The fourth-order valence-corrected chi connectivity index (χ4v) is 2.44. The average molecular weight is 291 g/mol. The number of carbonyl (C=O) groups is 1. The molecule has 104 valence electrons. The second-order valence-corrected chi connectivity index (χ2v) is 5.04. The van der Waals surface area contributed by atoms with Crippen LogP contribution in [0.2, 0.25) is 0 Å². The van der Waals surface area contributed by atoms with E-state index in [1.54, 1.807) is 0 Å². The van der Waals surface area contributed by atoms with E-state index in [1.807, 2.05) is 0 Å². The number of nitrogens with one attached hydrogen (secondary N) is 3. The van der Waals surface area contributed by atoms with Gasteiger partial charge >= 0.3 is 6.18 Å². The van der Waals surface area contributed by atoms with Gasteiger partial charge in [0.1, 0.15) is 5.50 Å². The lowest BCUT2D eigenvalue weighted by atomic mass is 10.1. The van der Waals surface area contributed by atoms with Crippen molar-refractivity contribution in [2.24, 2.45) is 0 Å². The number of benzene rings is 1. The summed E-state index contributed by atoms with van der Waals surface area (Å²) in [5.41, 5.74) is 5.39. The number of hydrogen-bond acceptors (Lipinski definition) is 4. The van der Waals surface area contributed by atoms with Crippen LogP contribution in [0.25, 0.3) is 0 Å². The van der Waals surface area contributed by atoms with Gasteiger partial charge in [0.05, 0.1) is 12.1 Å². The van der Waals surface area contributed by atoms with E-state index in [2.05, 4.69) is 16.2 Å². The third-order valence-corrected chi connectivity index (χ3v) is 3.54. The Morgan fingerprint density at radius 1 is 1.26 bits per heavy atom. The summed E-state index contributed by atoms with van der Waals surface area (Å²) in [5, 5.41) is 2.69. The smallest absolute Gasteiger partial charge is 0.330 e. The molecule has 19 heavy (non-hydrogen) atoms. The summed E-state index contributed by atoms with van der Waals surface area (Å²) in [6.45, 7) is 0.206. The van der Waals surface area contributed by atoms with E-state index in [0.29, 0.717) is 5.75 Å². The number of carbonyl (C=O) groups excluding carboxylic acids is 1. The van der Waals surface area contributed by atoms with Crippen LogP contribution in [0.1, 0.15) is 11.1 Å². The van der Waals surface area contributed by atoms with Crippen LogP contribution in [-0.4, -0.2) is 17.9 Å². The molecular weight excluding hydrogens is 279 g/mol. The predicted octanol–water partition coefficient (Wildman–Crippen LogP) is 1.45. The topological polar surface area (TPSA) is 53.2 Å². The van der Waals surface area contributed by atoms with Crippen LogP contribution in [-0.2, 0) is 16.7 Å². The molecule has 1 fully saturated rings. The standard InChI is InChI=1S/C11H12F3N3OS/c12-11(13,14)8-3-1-7(2-4-8)6-19-10-16-9(18)5-15-17-10/h1-4,10,15,17H,5-6H2,(H,16,18). The van der Waals surface area contributed by atoms with Crippen LogP contribution in [0.3, 0.4) is 0 Å². The number of rotatable bonds is 3. The predicted molar refractivity (Wildman–Crippen MR) is 65.8 cm³/mol. The van der Waals surface area contributed by atoms with Crippen molar-refractivity contribution in [1.82, 2.24) is 16.2 Å². The minimum absolute atomic E-state index is 0.122. The van der Waals surface area contributed by atoms with Gasteiger partial charge in [-0.25, -0.2) is 10.9 Å². The zero-order chi connectivity index (χ0) is 13.9. The van der Waals surface area contributed by atoms with Crippen molar-refractivity contribution in [2.45, 2.75) is 17.4 Å². The van der Waals surface area contributed by atoms with Gasteiger partial charge in [0.2, 0.25) is 5.91 Å². The van der Waals surface area contributed by atoms with Crippen molar-refractivity contribution in [2.75, 3.05) is 6.54 Å². The first-order chi connectivity index (χ1) is 8.95. The normalized spacial score (nSPS) is 20.2. The van der Waals surface area contributed by atoms with Crippen LogP contribution in [0.4, 0.5) is 13.2 Å². The molecule has 1 saturated heterocycles. The molecule has 0 spiro atoms. The van der Waals surface area contributed by atoms with E-state index in [1.165, 1.54) is 23.9 Å². The lowest BCUT2D eigenvalue weighted by Crippen LogP contribution is -2.58. The van der Waals surface area contributed by atoms with Gasteiger partial charge in [-0.2, -0.15) is 13.2 Å². The van der Waals surface area contributed by atoms with E-state index >= 15 is 0 Å². The Kier molecular flexibility index (Phi) is 4.33. The zero-order valence-corrected chi connectivity index (χ0v) is 10.6. The van der Waals surface area contributed by atoms with Crippen molar-refractivity contribution in [3.8, 4) is 0 Å². The van der Waals surface area contributed by atoms with Gasteiger partial charge in [0.15, 0.2) is 0 Å². The summed E-state index contributed by atoms with van der Waals surface area (Å²) < 4.78 is 37.1. The molecule has 1 unspecified atom stereocenters. The maximum atomic E-state index is 12.4. The Labute approximate surface area is 112 Å². The molecule has 1 aromatic carbocycles. The monoisotopic (exact) mass is 291 g/mol. The molecule has 1 amide bonds. The summed E-state index contributed by atoms with van der Waals surface area (Å²) in [5.74, 6) is 0.376. The first kappa shape index (κ1) is 14.2. The van der Waals surface area contributed by atoms with Crippen molar-refractivity contribution in [3.63, 3.8) is 0 Å². The fraction of sp³-hybridized carbons (Fsp3) is 0.364. The summed E-state index contributed by atoms with van der Waals surface area (Å²) in [7, 11) is 0. The van der Waals surface area contributed by atoms with Gasteiger partial charge in [-0.05, 0) is 17.7 Å². The number of halogens is 3. The molecule has 0 aliphatic carbocycles. The lowest BCUT2D eigenvalue weighted by Gasteiger charge is -2.24. The van der Waals surface area contributed by atoms with Crippen molar-refractivity contribution >= 4 is 17.7 Å². The first-order valence-electron chi connectivity index (χ1n) is 5.50. The van der Waals surface area contributed by atoms with E-state index in [4.69, 9.17) is 0 Å². The SMILES string of the molecule is O=C1CNNC(SCc2ccc(C(F)(F)F)cc2)N1. The molecule has 0 saturated carbocycles. The van der Waals surface area contributed by atoms with E-state index in [0.717, 1.165) is 17.7 Å². The quantitative estimate of drug-likeness (QED) is 0.789. The number of alkyl halides is 3. The van der Waals surface area contributed by atoms with Crippen LogP contribution < -0.4 is 16.2 Å². The largest absolute Gasteiger partial charge is 0.416 e. The van der Waals surface area contributed by atoms with Crippen molar-refractivity contribution in [1.29, 1.82) is 0 Å². The summed E-state index contributed by atoms with van der Waals surface area (Å²) in [6.07, 6.45) is -4.31. The summed E-state index contributed by atoms with van der Waals surface area (Å²) in [4.78, 5) is 11.1. The molecule has 1 aromatic rings. The average Bonchev–Trinajstić information content (AvgIpc) is 2.36. The second kappa shape index (κ2) is 5.81. The minimum Gasteiger partial charge on any atom is -0.330 e. The summed E-state index contributed by atoms with van der Waals surface area (Å²) in [6, 6.07) is 4.99. The second-order valence-electron chi connectivity index (χ2n) is 3.95. The molecule has 0 aromatic heterocycles. The fourth-order valence-electron chi connectivity index (χ4n) is 1.51. The Bertz CT molecular complexity index is 449. The third-order valence-electron chi connectivity index (χ3n) is 2.47. The Morgan fingerprint density at radius 3 is 2.53 bits per heavy atom. The lowest BCUT2D eigenvalue weighted by molar-refractivity contribution is -0.137. The van der Waals surface area contributed by atoms with Crippen LogP contribution in [0, 0.1) is 0 Å². The zero-order valence-electron chi connectivity index (χ0n) is 9.75. The van der Waals surface area contributed by atoms with Gasteiger partial charge in [-0.3, -0.25) is 4.79 Å². The molecule has 1 atom stereocenters. The van der Waals surface area contributed by atoms with E-state index < -0.39 is 11.7 Å². The van der Waals surface area contributed by atoms with Crippen LogP contribution in [0.15, 0.2) is 24.3 Å². The molecule has 4 nitrogen and oxygen atoms in total. The molecule has 8 heteroatoms.